The van der Waals surface area contributed by atoms with E-state index in [1.54, 1.807) is 0 Å². The molecule has 0 amide bonds. The van der Waals surface area contributed by atoms with Crippen molar-refractivity contribution in [1.82, 2.24) is 0 Å². The van der Waals surface area contributed by atoms with Crippen molar-refractivity contribution in [2.75, 3.05) is 6.61 Å². The molecule has 14 aromatic rings. The fourth-order valence-electron chi connectivity index (χ4n) is 15.0. The van der Waals surface area contributed by atoms with Gasteiger partial charge in [-0.05, 0) is 202 Å². The van der Waals surface area contributed by atoms with Crippen molar-refractivity contribution in [3.63, 3.8) is 0 Å². The van der Waals surface area contributed by atoms with Crippen molar-refractivity contribution in [1.29, 1.82) is 0 Å². The van der Waals surface area contributed by atoms with E-state index in [1.165, 1.54) is 165 Å². The van der Waals surface area contributed by atoms with Crippen LogP contribution in [-0.2, 0) is 10.8 Å². The second kappa shape index (κ2) is 18.2. The van der Waals surface area contributed by atoms with Gasteiger partial charge in [0.05, 0.1) is 6.61 Å². The van der Waals surface area contributed by atoms with Crippen LogP contribution in [0, 0.1) is 0 Å². The van der Waals surface area contributed by atoms with Crippen LogP contribution in [0.2, 0.25) is 0 Å². The van der Waals surface area contributed by atoms with Gasteiger partial charge >= 0.3 is 0 Å². The average molecular weight is 1050 g/mol. The molecule has 0 fully saturated rings. The number of hydrogen-bond donors (Lipinski definition) is 0. The Labute approximate surface area is 479 Å². The smallest absolute Gasteiger partial charge is 0.119 e. The lowest BCUT2D eigenvalue weighted by atomic mass is 9.78. The summed E-state index contributed by atoms with van der Waals surface area (Å²) in [5.41, 5.74) is 23.0. The Morgan fingerprint density at radius 1 is 0.256 bits per heavy atom. The van der Waals surface area contributed by atoms with Crippen molar-refractivity contribution in [2.45, 2.75) is 51.9 Å². The Kier molecular flexibility index (Phi) is 10.8. The highest BCUT2D eigenvalue weighted by molar-refractivity contribution is 6.30. The van der Waals surface area contributed by atoms with Gasteiger partial charge in [-0.3, -0.25) is 0 Å². The molecule has 0 spiro atoms. The minimum absolute atomic E-state index is 0.104. The molecule has 0 saturated carbocycles. The lowest BCUT2D eigenvalue weighted by Gasteiger charge is -2.25. The predicted molar refractivity (Wildman–Crippen MR) is 350 cm³/mol. The van der Waals surface area contributed by atoms with Crippen LogP contribution in [0.3, 0.4) is 0 Å². The Morgan fingerprint density at radius 3 is 0.841 bits per heavy atom. The fourth-order valence-corrected chi connectivity index (χ4v) is 15.0. The number of benzene rings is 14. The third kappa shape index (κ3) is 6.99. The zero-order valence-electron chi connectivity index (χ0n) is 47.0. The zero-order chi connectivity index (χ0) is 55.0. The van der Waals surface area contributed by atoms with Gasteiger partial charge in [0, 0.05) is 10.8 Å². The van der Waals surface area contributed by atoms with E-state index in [-0.39, 0.29) is 10.8 Å². The van der Waals surface area contributed by atoms with E-state index in [0.29, 0.717) is 6.61 Å². The molecule has 1 nitrogen and oxygen atoms in total. The van der Waals surface area contributed by atoms with Gasteiger partial charge in [0.1, 0.15) is 5.75 Å². The highest BCUT2D eigenvalue weighted by Crippen LogP contribution is 2.56. The van der Waals surface area contributed by atoms with Gasteiger partial charge in [-0.2, -0.15) is 0 Å². The van der Waals surface area contributed by atoms with Crippen LogP contribution in [0.1, 0.15) is 63.3 Å². The molecule has 390 valence electrons. The molecule has 0 heterocycles. The van der Waals surface area contributed by atoms with Crippen LogP contribution >= 0.6 is 0 Å². The number of ether oxygens (including phenoxy) is 1. The van der Waals surface area contributed by atoms with Crippen molar-refractivity contribution in [3.8, 4) is 83.6 Å². The van der Waals surface area contributed by atoms with Crippen LogP contribution in [0.5, 0.6) is 5.75 Å². The first kappa shape index (κ1) is 48.4. The molecule has 14 aromatic carbocycles. The van der Waals surface area contributed by atoms with Crippen LogP contribution in [0.15, 0.2) is 249 Å². The summed E-state index contributed by atoms with van der Waals surface area (Å²) in [5.74, 6) is 0.909. The maximum atomic E-state index is 6.01. The molecule has 0 aliphatic heterocycles. The maximum Gasteiger partial charge on any atom is 0.119 e. The summed E-state index contributed by atoms with van der Waals surface area (Å²) in [5, 5.41) is 15.1. The van der Waals surface area contributed by atoms with Gasteiger partial charge in [0.2, 0.25) is 0 Å². The van der Waals surface area contributed by atoms with Crippen LogP contribution in [-0.4, -0.2) is 6.61 Å². The highest BCUT2D eigenvalue weighted by Gasteiger charge is 2.38. The standard InChI is InChI=1S/C81H60O/c1-6-45-82-53-40-35-49(36-41-53)74-58-22-7-9-24-60(58)75(61-25-10-8-23-59(61)74)51-38-43-56-57-44-39-52(48-73(57)81(4,5)72(56)47-51)77-64-28-13-17-32-68(64)79(69-33-18-14-29-65(69)77)78-66-30-15-11-26-62(66)76(63-27-12-16-31-67(63)78)50-37-42-55-54-21-19-20-34-70(54)80(2,3)71(55)46-50/h7-44,46-48H,6,45H2,1-5H3. The third-order valence-electron chi connectivity index (χ3n) is 18.8. The van der Waals surface area contributed by atoms with E-state index < -0.39 is 0 Å². The fraction of sp³-hybridized carbons (Fsp3) is 0.111. The van der Waals surface area contributed by atoms with Crippen molar-refractivity contribution in [3.05, 3.63) is 271 Å². The predicted octanol–water partition coefficient (Wildman–Crippen LogP) is 22.3. The molecule has 0 N–H and O–H groups in total. The van der Waals surface area contributed by atoms with Crippen molar-refractivity contribution < 1.29 is 4.74 Å². The molecule has 0 saturated heterocycles. The highest BCUT2D eigenvalue weighted by atomic mass is 16.5. The minimum atomic E-state index is -0.270. The largest absolute Gasteiger partial charge is 0.494 e. The molecule has 2 aliphatic carbocycles. The summed E-state index contributed by atoms with van der Waals surface area (Å²) < 4.78 is 6.01. The Balaban J connectivity index is 0.845. The summed E-state index contributed by atoms with van der Waals surface area (Å²) in [7, 11) is 0. The van der Waals surface area contributed by atoms with E-state index in [2.05, 4.69) is 283 Å². The second-order valence-corrected chi connectivity index (χ2v) is 24.0. The zero-order valence-corrected chi connectivity index (χ0v) is 47.0. The monoisotopic (exact) mass is 1050 g/mol. The third-order valence-corrected chi connectivity index (χ3v) is 18.8. The summed E-state index contributed by atoms with van der Waals surface area (Å²) in [6.45, 7) is 12.5. The first-order valence-corrected chi connectivity index (χ1v) is 29.3. The molecule has 1 heteroatoms. The summed E-state index contributed by atoms with van der Waals surface area (Å²) in [4.78, 5) is 0. The van der Waals surface area contributed by atoms with Crippen LogP contribution in [0.4, 0.5) is 0 Å². The Hall–Kier alpha value is -9.56. The van der Waals surface area contributed by atoms with Crippen molar-refractivity contribution in [2.24, 2.45) is 0 Å². The topological polar surface area (TPSA) is 9.23 Å². The quantitative estimate of drug-likeness (QED) is 0.138. The summed E-state index contributed by atoms with van der Waals surface area (Å²) in [6, 6.07) is 94.1. The van der Waals surface area contributed by atoms with E-state index in [9.17, 15) is 0 Å². The van der Waals surface area contributed by atoms with Crippen LogP contribution < -0.4 is 4.74 Å². The molecule has 0 atom stereocenters. The normalized spacial score (nSPS) is 13.7. The molecule has 16 rings (SSSR count). The number of hydrogen-bond acceptors (Lipinski definition) is 1. The number of rotatable bonds is 8. The molecular formula is C81H60O. The molecule has 0 aromatic heterocycles. The lowest BCUT2D eigenvalue weighted by molar-refractivity contribution is 0.317. The lowest BCUT2D eigenvalue weighted by Crippen LogP contribution is -2.15. The molecule has 82 heavy (non-hydrogen) atoms. The van der Waals surface area contributed by atoms with Gasteiger partial charge in [-0.15, -0.1) is 0 Å². The molecule has 0 radical (unpaired) electrons. The summed E-state index contributed by atoms with van der Waals surface area (Å²) >= 11 is 0. The van der Waals surface area contributed by atoms with E-state index >= 15 is 0 Å². The van der Waals surface area contributed by atoms with Gasteiger partial charge in [0.25, 0.3) is 0 Å². The Morgan fingerprint density at radius 2 is 0.512 bits per heavy atom. The van der Waals surface area contributed by atoms with E-state index in [4.69, 9.17) is 4.74 Å². The molecule has 0 bridgehead atoms. The minimum Gasteiger partial charge on any atom is -0.494 e. The van der Waals surface area contributed by atoms with Gasteiger partial charge in [-0.1, -0.05) is 253 Å². The number of fused-ring (bicyclic) bond motifs is 12. The molecular weight excluding hydrogens is 989 g/mol. The maximum absolute atomic E-state index is 6.01. The summed E-state index contributed by atoms with van der Waals surface area (Å²) in [6.07, 6.45) is 0.982. The van der Waals surface area contributed by atoms with E-state index in [1.807, 2.05) is 0 Å². The van der Waals surface area contributed by atoms with Gasteiger partial charge in [0.15, 0.2) is 0 Å². The first-order chi connectivity index (χ1) is 40.2. The SMILES string of the molecule is CCCOc1ccc(-c2c3ccccc3c(-c3ccc4c(c3)C(C)(C)c3cc(-c5c6ccccc6c(-c6c7ccccc7c(-c7ccc8c(c7)C(C)(C)c7ccccc7-8)c7ccccc67)c6ccccc56)ccc3-4)c3ccccc23)cc1. The van der Waals surface area contributed by atoms with Crippen LogP contribution in [0.25, 0.3) is 143 Å². The molecule has 2 aliphatic rings. The van der Waals surface area contributed by atoms with Gasteiger partial charge < -0.3 is 4.74 Å². The van der Waals surface area contributed by atoms with Crippen molar-refractivity contribution >= 4 is 64.6 Å². The Bertz CT molecular complexity index is 4840. The van der Waals surface area contributed by atoms with Gasteiger partial charge in [-0.25, -0.2) is 0 Å². The average Bonchev–Trinajstić information content (AvgIpc) is 2.55. The second-order valence-electron chi connectivity index (χ2n) is 24.0. The molecule has 0 unspecified atom stereocenters. The first-order valence-electron chi connectivity index (χ1n) is 29.3. The van der Waals surface area contributed by atoms with E-state index in [0.717, 1.165) is 12.2 Å².